The van der Waals surface area contributed by atoms with E-state index in [2.05, 4.69) is 52.2 Å². The number of hydrogen-bond acceptors (Lipinski definition) is 10. The van der Waals surface area contributed by atoms with Gasteiger partial charge in [-0.25, -0.2) is 4.68 Å². The fraction of sp³-hybridized carbons (Fsp3) is 0.485. The van der Waals surface area contributed by atoms with Crippen LogP contribution in [0.1, 0.15) is 70.4 Å². The first-order valence-corrected chi connectivity index (χ1v) is 16.3. The molecule has 1 N–H and O–H groups in total. The van der Waals surface area contributed by atoms with Gasteiger partial charge in [0.05, 0.1) is 33.8 Å². The molecule has 2 aliphatic heterocycles. The molecule has 0 bridgehead atoms. The number of hydrogen-bond donors (Lipinski definition) is 1. The van der Waals surface area contributed by atoms with E-state index in [4.69, 9.17) is 42.5 Å². The Morgan fingerprint density at radius 2 is 1.87 bits per heavy atom. The standard InChI is InChI=1S/C33H38Cl2N8O3/c1-19(2)14-38-33(4)17-42(18-33)32-21(13-36)10-25(39-40-32)31-22-11-28(46-20(3)30-23(34)15-37-16-24(30)35)27(44-5)12-26(22)43(41-31)29-8-6-7-9-45-29/h10-12,15-16,19-20,29,38H,6-9,14,17-18H2,1-5H3/t20-,29?/m1/s1. The monoisotopic (exact) mass is 664 g/mol. The highest BCUT2D eigenvalue weighted by molar-refractivity contribution is 6.35. The molecule has 2 fully saturated rings. The molecule has 0 saturated carbocycles. The van der Waals surface area contributed by atoms with Crippen molar-refractivity contribution < 1.29 is 14.2 Å². The Hall–Kier alpha value is -3.69. The van der Waals surface area contributed by atoms with E-state index < -0.39 is 6.10 Å². The average Bonchev–Trinajstić information content (AvgIpc) is 3.40. The van der Waals surface area contributed by atoms with Crippen LogP contribution in [0.5, 0.6) is 11.5 Å². The highest BCUT2D eigenvalue weighted by Gasteiger charge is 2.40. The minimum absolute atomic E-state index is 0.0381. The van der Waals surface area contributed by atoms with Crippen molar-refractivity contribution in [3.63, 3.8) is 0 Å². The van der Waals surface area contributed by atoms with E-state index in [1.807, 2.05) is 23.7 Å². The van der Waals surface area contributed by atoms with Crippen LogP contribution >= 0.6 is 23.2 Å². The lowest BCUT2D eigenvalue weighted by Crippen LogP contribution is -2.68. The van der Waals surface area contributed by atoms with Crippen molar-refractivity contribution in [3.05, 3.63) is 51.8 Å². The van der Waals surface area contributed by atoms with Crippen LogP contribution in [0.15, 0.2) is 30.6 Å². The fourth-order valence-electron chi connectivity index (χ4n) is 6.11. The van der Waals surface area contributed by atoms with E-state index in [0.29, 0.717) is 62.4 Å². The first-order chi connectivity index (χ1) is 22.1. The number of fused-ring (bicyclic) bond motifs is 1. The van der Waals surface area contributed by atoms with Crippen LogP contribution in [0.2, 0.25) is 10.0 Å². The Balaban J connectivity index is 1.39. The van der Waals surface area contributed by atoms with Gasteiger partial charge in [0, 0.05) is 49.1 Å². The summed E-state index contributed by atoms with van der Waals surface area (Å²) >= 11 is 12.9. The van der Waals surface area contributed by atoms with Gasteiger partial charge in [0.2, 0.25) is 0 Å². The topological polar surface area (TPSA) is 123 Å². The van der Waals surface area contributed by atoms with Gasteiger partial charge in [-0.3, -0.25) is 4.98 Å². The van der Waals surface area contributed by atoms with Gasteiger partial charge in [-0.2, -0.15) is 10.4 Å². The van der Waals surface area contributed by atoms with Gasteiger partial charge in [-0.15, -0.1) is 10.2 Å². The van der Waals surface area contributed by atoms with Crippen LogP contribution in [-0.4, -0.2) is 63.9 Å². The molecule has 2 aliphatic rings. The molecule has 0 amide bonds. The van der Waals surface area contributed by atoms with E-state index in [9.17, 15) is 5.26 Å². The zero-order chi connectivity index (χ0) is 32.6. The summed E-state index contributed by atoms with van der Waals surface area (Å²) in [6, 6.07) is 7.86. The number of nitrogens with zero attached hydrogens (tertiary/aromatic N) is 7. The van der Waals surface area contributed by atoms with Gasteiger partial charge in [0.15, 0.2) is 23.5 Å². The summed E-state index contributed by atoms with van der Waals surface area (Å²) in [6.45, 7) is 11.5. The van der Waals surface area contributed by atoms with Crippen molar-refractivity contribution in [2.75, 3.05) is 38.3 Å². The lowest BCUT2D eigenvalue weighted by molar-refractivity contribution is -0.0365. The van der Waals surface area contributed by atoms with Gasteiger partial charge < -0.3 is 24.4 Å². The number of nitriles is 1. The van der Waals surface area contributed by atoms with Gasteiger partial charge in [0.1, 0.15) is 23.6 Å². The molecule has 2 atom stereocenters. The van der Waals surface area contributed by atoms with E-state index in [1.54, 1.807) is 13.2 Å². The van der Waals surface area contributed by atoms with E-state index >= 15 is 0 Å². The molecule has 0 radical (unpaired) electrons. The predicted octanol–water partition coefficient (Wildman–Crippen LogP) is 6.74. The van der Waals surface area contributed by atoms with Gasteiger partial charge in [-0.1, -0.05) is 37.0 Å². The number of anilines is 1. The largest absolute Gasteiger partial charge is 0.493 e. The lowest BCUT2D eigenvalue weighted by atomic mass is 9.91. The summed E-state index contributed by atoms with van der Waals surface area (Å²) in [5.74, 6) is 2.10. The van der Waals surface area contributed by atoms with Crippen molar-refractivity contribution in [3.8, 4) is 29.0 Å². The summed E-state index contributed by atoms with van der Waals surface area (Å²) < 4.78 is 20.2. The minimum atomic E-state index is -0.518. The molecular weight excluding hydrogens is 627 g/mol. The molecule has 5 heterocycles. The Morgan fingerprint density at radius 3 is 2.52 bits per heavy atom. The van der Waals surface area contributed by atoms with Crippen molar-refractivity contribution in [2.45, 2.75) is 64.8 Å². The first-order valence-electron chi connectivity index (χ1n) is 15.6. The summed E-state index contributed by atoms with van der Waals surface area (Å²) in [5, 5.41) is 29.5. The fourth-order valence-corrected chi connectivity index (χ4v) is 6.78. The Morgan fingerprint density at radius 1 is 1.11 bits per heavy atom. The highest BCUT2D eigenvalue weighted by atomic mass is 35.5. The van der Waals surface area contributed by atoms with Crippen molar-refractivity contribution in [1.82, 2.24) is 30.3 Å². The number of methoxy groups -OCH3 is 1. The lowest BCUT2D eigenvalue weighted by Gasteiger charge is -2.49. The third-order valence-corrected chi connectivity index (χ3v) is 9.08. The quantitative estimate of drug-likeness (QED) is 0.195. The molecule has 4 aromatic rings. The number of halogens is 2. The third-order valence-electron chi connectivity index (χ3n) is 8.47. The van der Waals surface area contributed by atoms with E-state index in [-0.39, 0.29) is 11.8 Å². The maximum absolute atomic E-state index is 10.2. The number of rotatable bonds is 10. The highest BCUT2D eigenvalue weighted by Crippen LogP contribution is 2.42. The smallest absolute Gasteiger partial charge is 0.169 e. The van der Waals surface area contributed by atoms with Gasteiger partial charge in [-0.05, 0) is 57.7 Å². The molecule has 1 unspecified atom stereocenters. The first kappa shape index (κ1) is 32.3. The molecule has 3 aromatic heterocycles. The summed E-state index contributed by atoms with van der Waals surface area (Å²) in [5.41, 5.74) is 2.85. The number of ether oxygens (including phenoxy) is 3. The van der Waals surface area contributed by atoms with Gasteiger partial charge in [0.25, 0.3) is 0 Å². The molecular formula is C33H38Cl2N8O3. The summed E-state index contributed by atoms with van der Waals surface area (Å²) in [4.78, 5) is 6.14. The Kier molecular flexibility index (Phi) is 9.26. The minimum Gasteiger partial charge on any atom is -0.493 e. The maximum Gasteiger partial charge on any atom is 0.169 e. The normalized spacial score (nSPS) is 18.3. The second kappa shape index (κ2) is 13.2. The molecule has 13 heteroatoms. The number of nitrogens with one attached hydrogen (secondary N) is 1. The van der Waals surface area contributed by atoms with Crippen LogP contribution in [0.3, 0.4) is 0 Å². The molecule has 0 spiro atoms. The maximum atomic E-state index is 10.2. The molecule has 46 heavy (non-hydrogen) atoms. The van der Waals surface area contributed by atoms with Crippen LogP contribution < -0.4 is 19.7 Å². The number of aromatic nitrogens is 5. The van der Waals surface area contributed by atoms with Crippen molar-refractivity contribution in [2.24, 2.45) is 5.92 Å². The van der Waals surface area contributed by atoms with Crippen molar-refractivity contribution in [1.29, 1.82) is 5.26 Å². The summed E-state index contributed by atoms with van der Waals surface area (Å²) in [7, 11) is 1.59. The van der Waals surface area contributed by atoms with Crippen LogP contribution in [0.25, 0.3) is 22.3 Å². The second-order valence-corrected chi connectivity index (χ2v) is 13.5. The predicted molar refractivity (Wildman–Crippen MR) is 178 cm³/mol. The summed E-state index contributed by atoms with van der Waals surface area (Å²) in [6.07, 6.45) is 5.15. The zero-order valence-electron chi connectivity index (χ0n) is 26.7. The van der Waals surface area contributed by atoms with Crippen LogP contribution in [0, 0.1) is 17.2 Å². The van der Waals surface area contributed by atoms with Crippen molar-refractivity contribution >= 4 is 39.9 Å². The zero-order valence-corrected chi connectivity index (χ0v) is 28.2. The number of pyridine rings is 1. The molecule has 242 valence electrons. The average molecular weight is 666 g/mol. The van der Waals surface area contributed by atoms with Crippen LogP contribution in [0.4, 0.5) is 5.82 Å². The third kappa shape index (κ3) is 6.32. The molecule has 1 aromatic carbocycles. The van der Waals surface area contributed by atoms with E-state index in [0.717, 1.165) is 49.8 Å². The van der Waals surface area contributed by atoms with E-state index in [1.165, 1.54) is 12.4 Å². The SMILES string of the molecule is COc1cc2c(cc1O[C@H](C)c1c(Cl)cncc1Cl)c(-c1cc(C#N)c(N3CC(C)(NCC(C)C)C3)nn1)nn2C1CCCCO1. The second-order valence-electron chi connectivity index (χ2n) is 12.7. The molecule has 6 rings (SSSR count). The number of benzene rings is 1. The Labute approximate surface area is 278 Å². The molecule has 11 nitrogen and oxygen atoms in total. The molecule has 0 aliphatic carbocycles. The van der Waals surface area contributed by atoms with Crippen LogP contribution in [-0.2, 0) is 4.74 Å². The van der Waals surface area contributed by atoms with Gasteiger partial charge >= 0.3 is 0 Å². The molecule has 2 saturated heterocycles. The Bertz CT molecular complexity index is 1760.